The van der Waals surface area contributed by atoms with Crippen LogP contribution in [-0.2, 0) is 19.7 Å². The van der Waals surface area contributed by atoms with Gasteiger partial charge in [0.25, 0.3) is 0 Å². The third kappa shape index (κ3) is 5.60. The number of tetrazole rings is 1. The number of aromatic nitrogens is 4. The van der Waals surface area contributed by atoms with Gasteiger partial charge >= 0.3 is 0 Å². The Morgan fingerprint density at radius 3 is 2.72 bits per heavy atom. The lowest BCUT2D eigenvalue weighted by Crippen LogP contribution is -2.09. The molecule has 3 aromatic rings. The summed E-state index contributed by atoms with van der Waals surface area (Å²) >= 11 is 6.53. The standard InChI is InChI=1S/C21H26ClN5O2/c1-4-9-27-21(24-25-26-27)23-13-17-11-18(22)20(19(12-17)28-5-2)29-14-16-8-6-7-15(3)10-16/h6-8,10-12H,4-5,9,13-14H2,1-3H3,(H,23,24,26). The smallest absolute Gasteiger partial charge is 0.243 e. The monoisotopic (exact) mass is 415 g/mol. The third-order valence-electron chi connectivity index (χ3n) is 4.25. The highest BCUT2D eigenvalue weighted by Crippen LogP contribution is 2.37. The summed E-state index contributed by atoms with van der Waals surface area (Å²) in [6, 6.07) is 12.0. The van der Waals surface area contributed by atoms with Gasteiger partial charge in [0, 0.05) is 13.1 Å². The molecule has 0 unspecified atom stereocenters. The summed E-state index contributed by atoms with van der Waals surface area (Å²) in [5.74, 6) is 1.80. The van der Waals surface area contributed by atoms with Crippen molar-refractivity contribution in [1.82, 2.24) is 20.2 Å². The number of hydrogen-bond acceptors (Lipinski definition) is 6. The van der Waals surface area contributed by atoms with Crippen molar-refractivity contribution in [3.8, 4) is 11.5 Å². The second-order valence-electron chi connectivity index (χ2n) is 6.69. The molecule has 1 N–H and O–H groups in total. The van der Waals surface area contributed by atoms with E-state index in [1.54, 1.807) is 4.68 Å². The van der Waals surface area contributed by atoms with Crippen LogP contribution in [0.15, 0.2) is 36.4 Å². The van der Waals surface area contributed by atoms with E-state index in [1.165, 1.54) is 5.56 Å². The first kappa shape index (κ1) is 20.9. The molecule has 29 heavy (non-hydrogen) atoms. The molecule has 0 atom stereocenters. The van der Waals surface area contributed by atoms with Crippen molar-refractivity contribution >= 4 is 17.5 Å². The number of anilines is 1. The Kier molecular flexibility index (Phi) is 7.30. The molecule has 3 rings (SSSR count). The number of aryl methyl sites for hydroxylation is 2. The molecule has 0 saturated heterocycles. The summed E-state index contributed by atoms with van der Waals surface area (Å²) in [7, 11) is 0. The van der Waals surface area contributed by atoms with Gasteiger partial charge in [-0.05, 0) is 54.0 Å². The molecule has 0 fully saturated rings. The van der Waals surface area contributed by atoms with Crippen LogP contribution in [0.4, 0.5) is 5.95 Å². The van der Waals surface area contributed by atoms with Crippen molar-refractivity contribution in [3.05, 3.63) is 58.1 Å². The van der Waals surface area contributed by atoms with Crippen molar-refractivity contribution in [1.29, 1.82) is 0 Å². The molecule has 0 aliphatic heterocycles. The zero-order chi connectivity index (χ0) is 20.6. The topological polar surface area (TPSA) is 74.1 Å². The number of rotatable bonds is 10. The maximum absolute atomic E-state index is 6.53. The van der Waals surface area contributed by atoms with E-state index >= 15 is 0 Å². The average molecular weight is 416 g/mol. The fourth-order valence-corrected chi connectivity index (χ4v) is 3.25. The molecule has 0 aliphatic rings. The van der Waals surface area contributed by atoms with Crippen LogP contribution >= 0.6 is 11.6 Å². The van der Waals surface area contributed by atoms with Crippen molar-refractivity contribution in [2.45, 2.75) is 46.9 Å². The maximum Gasteiger partial charge on any atom is 0.243 e. The highest BCUT2D eigenvalue weighted by Gasteiger charge is 2.14. The van der Waals surface area contributed by atoms with Crippen molar-refractivity contribution in [3.63, 3.8) is 0 Å². The minimum Gasteiger partial charge on any atom is -0.490 e. The van der Waals surface area contributed by atoms with Gasteiger partial charge in [-0.15, -0.1) is 0 Å². The van der Waals surface area contributed by atoms with E-state index in [2.05, 4.69) is 46.8 Å². The molecule has 0 saturated carbocycles. The summed E-state index contributed by atoms with van der Waals surface area (Å²) in [4.78, 5) is 0. The number of benzene rings is 2. The number of nitrogens with one attached hydrogen (secondary N) is 1. The second kappa shape index (κ2) is 10.1. The SMILES string of the molecule is CCCn1nnnc1NCc1cc(Cl)c(OCc2cccc(C)c2)c(OCC)c1. The average Bonchev–Trinajstić information content (AvgIpc) is 3.13. The maximum atomic E-state index is 6.53. The van der Waals surface area contributed by atoms with E-state index in [0.717, 1.165) is 24.1 Å². The van der Waals surface area contributed by atoms with Crippen LogP contribution in [0.3, 0.4) is 0 Å². The minimum atomic E-state index is 0.421. The fraction of sp³-hybridized carbons (Fsp3) is 0.381. The first-order valence-electron chi connectivity index (χ1n) is 9.74. The van der Waals surface area contributed by atoms with Gasteiger partial charge in [0.2, 0.25) is 5.95 Å². The number of hydrogen-bond donors (Lipinski definition) is 1. The summed E-state index contributed by atoms with van der Waals surface area (Å²) in [5, 5.41) is 15.5. The predicted octanol–water partition coefficient (Wildman–Crippen LogP) is 4.63. The van der Waals surface area contributed by atoms with E-state index in [1.807, 2.05) is 31.2 Å². The van der Waals surface area contributed by atoms with E-state index < -0.39 is 0 Å². The molecule has 1 aromatic heterocycles. The predicted molar refractivity (Wildman–Crippen MR) is 114 cm³/mol. The molecule has 0 spiro atoms. The van der Waals surface area contributed by atoms with Crippen LogP contribution in [0, 0.1) is 6.92 Å². The third-order valence-corrected chi connectivity index (χ3v) is 4.53. The van der Waals surface area contributed by atoms with Gasteiger partial charge in [0.1, 0.15) is 6.61 Å². The van der Waals surface area contributed by atoms with Gasteiger partial charge in [-0.25, -0.2) is 4.68 Å². The molecule has 0 radical (unpaired) electrons. The summed E-state index contributed by atoms with van der Waals surface area (Å²) in [6.45, 7) is 8.28. The molecule has 2 aromatic carbocycles. The van der Waals surface area contributed by atoms with Crippen LogP contribution in [0.25, 0.3) is 0 Å². The Morgan fingerprint density at radius 1 is 1.10 bits per heavy atom. The number of halogens is 1. The van der Waals surface area contributed by atoms with Crippen LogP contribution in [-0.4, -0.2) is 26.8 Å². The van der Waals surface area contributed by atoms with Gasteiger partial charge < -0.3 is 14.8 Å². The fourth-order valence-electron chi connectivity index (χ4n) is 2.96. The van der Waals surface area contributed by atoms with Gasteiger partial charge in [0.15, 0.2) is 11.5 Å². The first-order chi connectivity index (χ1) is 14.1. The van der Waals surface area contributed by atoms with E-state index in [-0.39, 0.29) is 0 Å². The molecule has 8 heteroatoms. The minimum absolute atomic E-state index is 0.421. The lowest BCUT2D eigenvalue weighted by atomic mass is 10.1. The van der Waals surface area contributed by atoms with E-state index in [9.17, 15) is 0 Å². The lowest BCUT2D eigenvalue weighted by Gasteiger charge is -2.16. The van der Waals surface area contributed by atoms with Crippen molar-refractivity contribution in [2.24, 2.45) is 0 Å². The van der Waals surface area contributed by atoms with Crippen LogP contribution in [0.2, 0.25) is 5.02 Å². The van der Waals surface area contributed by atoms with Crippen LogP contribution in [0.1, 0.15) is 37.0 Å². The summed E-state index contributed by atoms with van der Waals surface area (Å²) < 4.78 is 13.5. The van der Waals surface area contributed by atoms with Gasteiger partial charge in [-0.3, -0.25) is 0 Å². The molecule has 0 bridgehead atoms. The lowest BCUT2D eigenvalue weighted by molar-refractivity contribution is 0.269. The van der Waals surface area contributed by atoms with E-state index in [0.29, 0.717) is 42.2 Å². The molecule has 0 aliphatic carbocycles. The van der Waals surface area contributed by atoms with Crippen LogP contribution < -0.4 is 14.8 Å². The van der Waals surface area contributed by atoms with Crippen molar-refractivity contribution < 1.29 is 9.47 Å². The quantitative estimate of drug-likeness (QED) is 0.520. The van der Waals surface area contributed by atoms with Gasteiger partial charge in [-0.1, -0.05) is 53.5 Å². The molecule has 154 valence electrons. The molecular formula is C21H26ClN5O2. The normalized spacial score (nSPS) is 10.8. The van der Waals surface area contributed by atoms with Gasteiger partial charge in [-0.2, -0.15) is 0 Å². The number of ether oxygens (including phenoxy) is 2. The molecule has 7 nitrogen and oxygen atoms in total. The summed E-state index contributed by atoms with van der Waals surface area (Å²) in [5.41, 5.74) is 3.22. The molecule has 1 heterocycles. The zero-order valence-electron chi connectivity index (χ0n) is 17.0. The Hall–Kier alpha value is -2.80. The zero-order valence-corrected chi connectivity index (χ0v) is 17.7. The van der Waals surface area contributed by atoms with Crippen LogP contribution in [0.5, 0.6) is 11.5 Å². The largest absolute Gasteiger partial charge is 0.490 e. The highest BCUT2D eigenvalue weighted by molar-refractivity contribution is 6.32. The molecule has 0 amide bonds. The Bertz CT molecular complexity index is 945. The van der Waals surface area contributed by atoms with Crippen molar-refractivity contribution in [2.75, 3.05) is 11.9 Å². The second-order valence-corrected chi connectivity index (χ2v) is 7.10. The molecular weight excluding hydrogens is 390 g/mol. The Morgan fingerprint density at radius 2 is 1.97 bits per heavy atom. The Balaban J connectivity index is 1.74. The summed E-state index contributed by atoms with van der Waals surface area (Å²) in [6.07, 6.45) is 0.951. The highest BCUT2D eigenvalue weighted by atomic mass is 35.5. The van der Waals surface area contributed by atoms with E-state index in [4.69, 9.17) is 21.1 Å². The Labute approximate surface area is 176 Å². The number of nitrogens with zero attached hydrogens (tertiary/aromatic N) is 4. The first-order valence-corrected chi connectivity index (χ1v) is 10.1. The van der Waals surface area contributed by atoms with Gasteiger partial charge in [0.05, 0.1) is 11.6 Å².